The molecule has 3 N–H and O–H groups in total. The molecule has 4 nitrogen and oxygen atoms in total. The lowest BCUT2D eigenvalue weighted by atomic mass is 10.2. The second-order valence-corrected chi connectivity index (χ2v) is 6.24. The smallest absolute Gasteiger partial charge is 0.263 e. The highest BCUT2D eigenvalue weighted by Crippen LogP contribution is 2.24. The van der Waals surface area contributed by atoms with Gasteiger partial charge in [0.2, 0.25) is 0 Å². The molecule has 0 atom stereocenters. The van der Waals surface area contributed by atoms with Crippen LogP contribution >= 0.6 is 11.6 Å². The van der Waals surface area contributed by atoms with E-state index in [1.807, 2.05) is 13.0 Å². The highest BCUT2D eigenvalue weighted by atomic mass is 35.5. The van der Waals surface area contributed by atoms with E-state index in [-0.39, 0.29) is 10.6 Å². The van der Waals surface area contributed by atoms with Gasteiger partial charge in [0.15, 0.2) is 0 Å². The van der Waals surface area contributed by atoms with Crippen molar-refractivity contribution in [3.05, 3.63) is 53.1 Å². The van der Waals surface area contributed by atoms with Crippen molar-refractivity contribution in [2.24, 2.45) is 0 Å². The molecule has 2 aromatic rings. The summed E-state index contributed by atoms with van der Waals surface area (Å²) in [5, 5.41) is 0.395. The molecule has 100 valence electrons. The Kier molecular flexibility index (Phi) is 3.68. The topological polar surface area (TPSA) is 72.2 Å². The summed E-state index contributed by atoms with van der Waals surface area (Å²) < 4.78 is 26.9. The van der Waals surface area contributed by atoms with Gasteiger partial charge in [0.25, 0.3) is 10.0 Å². The number of rotatable bonds is 3. The number of nitrogen functional groups attached to an aromatic ring is 1. The maximum Gasteiger partial charge on any atom is 0.263 e. The van der Waals surface area contributed by atoms with Crippen LogP contribution in [0, 0.1) is 6.92 Å². The molecule has 0 aliphatic carbocycles. The number of anilines is 2. The van der Waals surface area contributed by atoms with E-state index in [2.05, 4.69) is 4.72 Å². The fourth-order valence-corrected chi connectivity index (χ4v) is 3.03. The zero-order valence-corrected chi connectivity index (χ0v) is 11.8. The lowest BCUT2D eigenvalue weighted by Gasteiger charge is -2.10. The van der Waals surface area contributed by atoms with Gasteiger partial charge >= 0.3 is 0 Å². The molecule has 0 saturated carbocycles. The number of halogens is 1. The molecule has 0 aliphatic rings. The third-order valence-corrected chi connectivity index (χ3v) is 4.22. The summed E-state index contributed by atoms with van der Waals surface area (Å²) in [6, 6.07) is 11.4. The summed E-state index contributed by atoms with van der Waals surface area (Å²) in [5.74, 6) is 0. The number of hydrogen-bond acceptors (Lipinski definition) is 3. The van der Waals surface area contributed by atoms with Gasteiger partial charge < -0.3 is 5.73 Å². The van der Waals surface area contributed by atoms with Crippen LogP contribution in [0.1, 0.15) is 5.56 Å². The first kappa shape index (κ1) is 13.7. The third-order valence-electron chi connectivity index (χ3n) is 2.53. The molecule has 0 aromatic heterocycles. The Hall–Kier alpha value is -1.72. The third kappa shape index (κ3) is 3.19. The zero-order chi connectivity index (χ0) is 14.0. The Bertz CT molecular complexity index is 714. The van der Waals surface area contributed by atoms with Crippen molar-refractivity contribution < 1.29 is 8.42 Å². The lowest BCUT2D eigenvalue weighted by Crippen LogP contribution is -2.14. The summed E-state index contributed by atoms with van der Waals surface area (Å²) >= 11 is 5.75. The Morgan fingerprint density at radius 2 is 1.89 bits per heavy atom. The van der Waals surface area contributed by atoms with E-state index >= 15 is 0 Å². The molecule has 2 rings (SSSR count). The molecule has 0 amide bonds. The van der Waals surface area contributed by atoms with Gasteiger partial charge in [-0.3, -0.25) is 4.72 Å². The van der Waals surface area contributed by atoms with Crippen molar-refractivity contribution >= 4 is 33.0 Å². The molecular weight excluding hydrogens is 284 g/mol. The van der Waals surface area contributed by atoms with E-state index in [1.165, 1.54) is 18.2 Å². The normalized spacial score (nSPS) is 11.3. The van der Waals surface area contributed by atoms with Gasteiger partial charge in [0.05, 0.1) is 5.69 Å². The Balaban J connectivity index is 2.38. The van der Waals surface area contributed by atoms with Gasteiger partial charge in [-0.2, -0.15) is 0 Å². The number of sulfonamides is 1. The summed E-state index contributed by atoms with van der Waals surface area (Å²) in [7, 11) is -3.71. The Morgan fingerprint density at radius 3 is 2.53 bits per heavy atom. The average Bonchev–Trinajstić information content (AvgIpc) is 2.27. The van der Waals surface area contributed by atoms with Crippen LogP contribution in [0.3, 0.4) is 0 Å². The van der Waals surface area contributed by atoms with Crippen LogP contribution in [0.2, 0.25) is 5.02 Å². The number of nitrogens with one attached hydrogen (secondary N) is 1. The van der Waals surface area contributed by atoms with Gasteiger partial charge in [-0.1, -0.05) is 23.7 Å². The van der Waals surface area contributed by atoms with Gasteiger partial charge in [-0.05, 0) is 42.8 Å². The molecule has 0 bridgehead atoms. The number of aryl methyl sites for hydroxylation is 1. The first-order valence-corrected chi connectivity index (χ1v) is 7.39. The van der Waals surface area contributed by atoms with Crippen molar-refractivity contribution in [1.29, 1.82) is 0 Å². The summed E-state index contributed by atoms with van der Waals surface area (Å²) in [4.78, 5) is 0.0124. The van der Waals surface area contributed by atoms with Crippen LogP contribution < -0.4 is 10.5 Å². The van der Waals surface area contributed by atoms with Gasteiger partial charge in [0, 0.05) is 10.7 Å². The minimum absolute atomic E-state index is 0.0124. The molecule has 0 fully saturated rings. The van der Waals surface area contributed by atoms with Crippen LogP contribution in [0.4, 0.5) is 11.4 Å². The molecule has 0 unspecified atom stereocenters. The van der Waals surface area contributed by atoms with Crippen LogP contribution in [0.5, 0.6) is 0 Å². The summed E-state index contributed by atoms with van der Waals surface area (Å²) in [5.41, 5.74) is 7.26. The fourth-order valence-electron chi connectivity index (χ4n) is 1.68. The lowest BCUT2D eigenvalue weighted by molar-refractivity contribution is 0.601. The van der Waals surface area contributed by atoms with E-state index in [9.17, 15) is 8.42 Å². The molecule has 2 aromatic carbocycles. The van der Waals surface area contributed by atoms with Gasteiger partial charge in [-0.25, -0.2) is 8.42 Å². The average molecular weight is 297 g/mol. The standard InChI is InChI=1S/C13H13ClN2O2S/c1-9-3-2-4-11(7-9)16-19(17,18)13-6-5-10(14)8-12(13)15/h2-8,16H,15H2,1H3. The number of hydrogen-bond donors (Lipinski definition) is 2. The minimum atomic E-state index is -3.71. The van der Waals surface area contributed by atoms with Crippen molar-refractivity contribution in [3.8, 4) is 0 Å². The summed E-state index contributed by atoms with van der Waals surface area (Å²) in [6.45, 7) is 1.88. The number of benzene rings is 2. The maximum absolute atomic E-state index is 12.2. The second-order valence-electron chi connectivity index (χ2n) is 4.16. The van der Waals surface area contributed by atoms with Crippen LogP contribution in [0.15, 0.2) is 47.4 Å². The van der Waals surface area contributed by atoms with Gasteiger partial charge in [0.1, 0.15) is 4.90 Å². The quantitative estimate of drug-likeness (QED) is 0.855. The monoisotopic (exact) mass is 296 g/mol. The van der Waals surface area contributed by atoms with Crippen molar-refractivity contribution in [3.63, 3.8) is 0 Å². The van der Waals surface area contributed by atoms with Crippen molar-refractivity contribution in [2.75, 3.05) is 10.5 Å². The molecule has 0 saturated heterocycles. The zero-order valence-electron chi connectivity index (χ0n) is 10.2. The highest BCUT2D eigenvalue weighted by Gasteiger charge is 2.17. The van der Waals surface area contributed by atoms with Crippen LogP contribution in [-0.4, -0.2) is 8.42 Å². The SMILES string of the molecule is Cc1cccc(NS(=O)(=O)c2ccc(Cl)cc2N)c1. The fraction of sp³-hybridized carbons (Fsp3) is 0.0769. The molecule has 0 radical (unpaired) electrons. The first-order chi connectivity index (χ1) is 8.88. The largest absolute Gasteiger partial charge is 0.398 e. The van der Waals surface area contributed by atoms with E-state index in [0.717, 1.165) is 5.56 Å². The Morgan fingerprint density at radius 1 is 1.16 bits per heavy atom. The van der Waals surface area contributed by atoms with Crippen molar-refractivity contribution in [1.82, 2.24) is 0 Å². The van der Waals surface area contributed by atoms with E-state index in [4.69, 9.17) is 17.3 Å². The predicted octanol–water partition coefficient (Wildman–Crippen LogP) is 3.03. The molecular formula is C13H13ClN2O2S. The molecule has 0 aliphatic heterocycles. The first-order valence-electron chi connectivity index (χ1n) is 5.53. The van der Waals surface area contributed by atoms with Gasteiger partial charge in [-0.15, -0.1) is 0 Å². The summed E-state index contributed by atoms with van der Waals surface area (Å²) in [6.07, 6.45) is 0. The highest BCUT2D eigenvalue weighted by molar-refractivity contribution is 7.92. The van der Waals surface area contributed by atoms with E-state index < -0.39 is 10.0 Å². The maximum atomic E-state index is 12.2. The van der Waals surface area contributed by atoms with E-state index in [1.54, 1.807) is 18.2 Å². The molecule has 0 spiro atoms. The molecule has 19 heavy (non-hydrogen) atoms. The van der Waals surface area contributed by atoms with E-state index in [0.29, 0.717) is 10.7 Å². The van der Waals surface area contributed by atoms with Crippen LogP contribution in [-0.2, 0) is 10.0 Å². The minimum Gasteiger partial charge on any atom is -0.398 e. The van der Waals surface area contributed by atoms with Crippen LogP contribution in [0.25, 0.3) is 0 Å². The Labute approximate surface area is 117 Å². The molecule has 6 heteroatoms. The predicted molar refractivity (Wildman–Crippen MR) is 77.9 cm³/mol. The van der Waals surface area contributed by atoms with Crippen molar-refractivity contribution in [2.45, 2.75) is 11.8 Å². The second kappa shape index (κ2) is 5.11. The molecule has 0 heterocycles. The number of nitrogens with two attached hydrogens (primary N) is 1.